The highest BCUT2D eigenvalue weighted by molar-refractivity contribution is 6.30. The van der Waals surface area contributed by atoms with E-state index in [1.54, 1.807) is 26.0 Å². The quantitative estimate of drug-likeness (QED) is 0.618. The van der Waals surface area contributed by atoms with Crippen LogP contribution in [0, 0.1) is 6.92 Å². The van der Waals surface area contributed by atoms with E-state index >= 15 is 0 Å². The molecule has 0 spiro atoms. The molecule has 3 rings (SSSR count). The van der Waals surface area contributed by atoms with Gasteiger partial charge in [0.2, 0.25) is 11.6 Å². The number of hydrogen-bond donors (Lipinski definition) is 1. The third-order valence-electron chi connectivity index (χ3n) is 4.40. The normalized spacial score (nSPS) is 12.0. The van der Waals surface area contributed by atoms with Gasteiger partial charge in [-0.15, -0.1) is 0 Å². The zero-order valence-electron chi connectivity index (χ0n) is 16.2. The Labute approximate surface area is 171 Å². The van der Waals surface area contributed by atoms with Crippen LogP contribution in [-0.4, -0.2) is 28.0 Å². The molecule has 0 fully saturated rings. The van der Waals surface area contributed by atoms with Gasteiger partial charge in [-0.25, -0.2) is 9.78 Å². The lowest BCUT2D eigenvalue weighted by Crippen LogP contribution is -2.34. The number of rotatable bonds is 6. The van der Waals surface area contributed by atoms with Crippen molar-refractivity contribution < 1.29 is 18.7 Å². The van der Waals surface area contributed by atoms with E-state index < -0.39 is 11.5 Å². The maximum atomic E-state index is 12.9. The number of carbonyl (C=O) groups is 2. The number of hydrogen-bond acceptors (Lipinski definition) is 6. The zero-order chi connectivity index (χ0) is 21.1. The van der Waals surface area contributed by atoms with Crippen LogP contribution in [0.25, 0.3) is 11.1 Å². The van der Waals surface area contributed by atoms with Gasteiger partial charge in [-0.3, -0.25) is 14.2 Å². The Morgan fingerprint density at radius 1 is 1.31 bits per heavy atom. The van der Waals surface area contributed by atoms with Crippen molar-refractivity contribution in [1.82, 2.24) is 14.9 Å². The number of amides is 1. The molecule has 1 atom stereocenters. The van der Waals surface area contributed by atoms with Gasteiger partial charge in [0.15, 0.2) is 0 Å². The van der Waals surface area contributed by atoms with E-state index in [1.807, 2.05) is 19.1 Å². The van der Waals surface area contributed by atoms with Gasteiger partial charge in [-0.2, -0.15) is 0 Å². The Bertz CT molecular complexity index is 1120. The van der Waals surface area contributed by atoms with E-state index in [0.717, 1.165) is 10.1 Å². The molecule has 1 N–H and O–H groups in total. The van der Waals surface area contributed by atoms with E-state index in [1.165, 1.54) is 6.33 Å². The number of aromatic nitrogens is 2. The van der Waals surface area contributed by atoms with Gasteiger partial charge in [0.1, 0.15) is 29.6 Å². The molecule has 152 valence electrons. The summed E-state index contributed by atoms with van der Waals surface area (Å²) in [6.07, 6.45) is 1.22. The fourth-order valence-corrected chi connectivity index (χ4v) is 3.10. The molecule has 9 heteroatoms. The fraction of sp³-hybridized carbons (Fsp3) is 0.300. The zero-order valence-corrected chi connectivity index (χ0v) is 16.9. The molecule has 1 unspecified atom stereocenters. The van der Waals surface area contributed by atoms with Crippen molar-refractivity contribution in [3.63, 3.8) is 0 Å². The van der Waals surface area contributed by atoms with Crippen LogP contribution in [0.2, 0.25) is 5.02 Å². The topological polar surface area (TPSA) is 103 Å². The molecule has 0 aliphatic rings. The smallest absolute Gasteiger partial charge is 0.342 e. The Kier molecular flexibility index (Phi) is 6.03. The Morgan fingerprint density at radius 2 is 2.00 bits per heavy atom. The lowest BCUT2D eigenvalue weighted by Gasteiger charge is -2.15. The number of halogens is 1. The number of fused-ring (bicyclic) bond motifs is 1. The van der Waals surface area contributed by atoms with Crippen molar-refractivity contribution in [3.05, 3.63) is 62.9 Å². The summed E-state index contributed by atoms with van der Waals surface area (Å²) in [6, 6.07) is 6.82. The molecule has 0 aliphatic carbocycles. The molecule has 2 aromatic heterocycles. The molecule has 0 saturated heterocycles. The van der Waals surface area contributed by atoms with Gasteiger partial charge < -0.3 is 14.5 Å². The molecule has 1 aromatic carbocycles. The molecule has 8 nitrogen and oxygen atoms in total. The van der Waals surface area contributed by atoms with Crippen molar-refractivity contribution in [2.45, 2.75) is 33.4 Å². The van der Waals surface area contributed by atoms with Crippen molar-refractivity contribution in [2.75, 3.05) is 6.61 Å². The predicted molar refractivity (Wildman–Crippen MR) is 107 cm³/mol. The molecular weight excluding hydrogens is 398 g/mol. The van der Waals surface area contributed by atoms with E-state index in [2.05, 4.69) is 10.3 Å². The molecular formula is C20H20ClN3O5. The first-order valence-corrected chi connectivity index (χ1v) is 9.40. The summed E-state index contributed by atoms with van der Waals surface area (Å²) >= 11 is 5.88. The fourth-order valence-electron chi connectivity index (χ4n) is 2.98. The second-order valence-electron chi connectivity index (χ2n) is 6.45. The predicted octanol–water partition coefficient (Wildman–Crippen LogP) is 3.01. The van der Waals surface area contributed by atoms with Crippen LogP contribution in [0.3, 0.4) is 0 Å². The van der Waals surface area contributed by atoms with Crippen LogP contribution >= 0.6 is 11.6 Å². The summed E-state index contributed by atoms with van der Waals surface area (Å²) in [4.78, 5) is 41.6. The number of esters is 1. The second kappa shape index (κ2) is 8.48. The summed E-state index contributed by atoms with van der Waals surface area (Å²) in [5.74, 6) is -0.809. The maximum absolute atomic E-state index is 12.9. The van der Waals surface area contributed by atoms with E-state index in [-0.39, 0.29) is 47.5 Å². The van der Waals surface area contributed by atoms with Crippen LogP contribution in [0.4, 0.5) is 0 Å². The molecule has 29 heavy (non-hydrogen) atoms. The lowest BCUT2D eigenvalue weighted by atomic mass is 10.1. The third kappa shape index (κ3) is 4.32. The molecule has 0 aliphatic heterocycles. The first-order valence-electron chi connectivity index (χ1n) is 9.02. The summed E-state index contributed by atoms with van der Waals surface area (Å²) in [5.41, 5.74) is 0.383. The van der Waals surface area contributed by atoms with Gasteiger partial charge in [0.25, 0.3) is 5.56 Å². The number of aryl methyl sites for hydroxylation is 1. The molecule has 0 bridgehead atoms. The van der Waals surface area contributed by atoms with Crippen molar-refractivity contribution in [2.24, 2.45) is 0 Å². The molecule has 3 aromatic rings. The minimum Gasteiger partial charge on any atom is -0.462 e. The molecule has 0 radical (unpaired) electrons. The van der Waals surface area contributed by atoms with Crippen molar-refractivity contribution >= 4 is 34.6 Å². The highest BCUT2D eigenvalue weighted by Crippen LogP contribution is 2.22. The summed E-state index contributed by atoms with van der Waals surface area (Å²) in [7, 11) is 0. The summed E-state index contributed by atoms with van der Waals surface area (Å²) < 4.78 is 11.5. The summed E-state index contributed by atoms with van der Waals surface area (Å²) in [5, 5.41) is 3.42. The Hall–Kier alpha value is -3.13. The number of benzene rings is 1. The van der Waals surface area contributed by atoms with E-state index in [4.69, 9.17) is 20.8 Å². The second-order valence-corrected chi connectivity index (χ2v) is 6.89. The third-order valence-corrected chi connectivity index (χ3v) is 4.65. The average Bonchev–Trinajstić information content (AvgIpc) is 3.01. The number of carbonyl (C=O) groups excluding carboxylic acids is 2. The lowest BCUT2D eigenvalue weighted by molar-refractivity contribution is -0.122. The van der Waals surface area contributed by atoms with E-state index in [9.17, 15) is 14.4 Å². The van der Waals surface area contributed by atoms with Crippen molar-refractivity contribution in [1.29, 1.82) is 0 Å². The van der Waals surface area contributed by atoms with Gasteiger partial charge in [0, 0.05) is 5.02 Å². The van der Waals surface area contributed by atoms with Gasteiger partial charge in [0.05, 0.1) is 12.6 Å². The minimum atomic E-state index is -0.666. The highest BCUT2D eigenvalue weighted by atomic mass is 35.5. The Balaban J connectivity index is 1.84. The van der Waals surface area contributed by atoms with Crippen LogP contribution in [0.1, 0.15) is 41.6 Å². The van der Waals surface area contributed by atoms with Crippen molar-refractivity contribution in [3.8, 4) is 0 Å². The Morgan fingerprint density at radius 3 is 2.66 bits per heavy atom. The van der Waals surface area contributed by atoms with E-state index in [0.29, 0.717) is 5.02 Å². The number of ether oxygens (including phenoxy) is 1. The number of nitrogens with one attached hydrogen (secondary N) is 1. The first-order chi connectivity index (χ1) is 13.8. The molecule has 2 heterocycles. The van der Waals surface area contributed by atoms with Gasteiger partial charge in [-0.1, -0.05) is 23.7 Å². The maximum Gasteiger partial charge on any atom is 0.342 e. The molecule has 0 saturated carbocycles. The standard InChI is InChI=1S/C20H20ClN3O5/c1-4-28-20(27)16-12(3)29-18-17(16)19(26)24(10-22-18)9-15(25)23-11(2)13-5-7-14(21)8-6-13/h5-8,10-11H,4,9H2,1-3H3,(H,23,25). The van der Waals surface area contributed by atoms with Gasteiger partial charge >= 0.3 is 5.97 Å². The van der Waals surface area contributed by atoms with Crippen LogP contribution in [0.5, 0.6) is 0 Å². The van der Waals surface area contributed by atoms with Crippen LogP contribution in [0.15, 0.2) is 39.8 Å². The monoisotopic (exact) mass is 417 g/mol. The van der Waals surface area contributed by atoms with Gasteiger partial charge in [-0.05, 0) is 38.5 Å². The largest absolute Gasteiger partial charge is 0.462 e. The highest BCUT2D eigenvalue weighted by Gasteiger charge is 2.24. The van der Waals surface area contributed by atoms with Crippen LogP contribution in [-0.2, 0) is 16.1 Å². The average molecular weight is 418 g/mol. The molecule has 1 amide bonds. The summed E-state index contributed by atoms with van der Waals surface area (Å²) in [6.45, 7) is 4.94. The van der Waals surface area contributed by atoms with Crippen LogP contribution < -0.4 is 10.9 Å². The SMILES string of the molecule is CCOC(=O)c1c(C)oc2ncn(CC(=O)NC(C)c3ccc(Cl)cc3)c(=O)c12. The minimum absolute atomic E-state index is 0.00185. The number of furan rings is 1. The first kappa shape index (κ1) is 20.6. The number of nitrogens with zero attached hydrogens (tertiary/aromatic N) is 2.